The van der Waals surface area contributed by atoms with Gasteiger partial charge in [-0.3, -0.25) is 6.08 Å². The number of benzene rings is 2. The summed E-state index contributed by atoms with van der Waals surface area (Å²) in [5, 5.41) is 11.4. The molecule has 0 aromatic heterocycles. The third-order valence-corrected chi connectivity index (χ3v) is 3.32. The molecule has 2 aromatic rings. The molecule has 0 fully saturated rings. The molecule has 0 heterocycles. The first-order valence-corrected chi connectivity index (χ1v) is 7.18. The molecular formula is C19H24Cl2NOTi-. The van der Waals surface area contributed by atoms with E-state index in [0.29, 0.717) is 0 Å². The van der Waals surface area contributed by atoms with E-state index in [4.69, 9.17) is 5.11 Å². The van der Waals surface area contributed by atoms with Crippen molar-refractivity contribution in [1.82, 2.24) is 4.90 Å². The van der Waals surface area contributed by atoms with E-state index < -0.39 is 0 Å². The quantitative estimate of drug-likeness (QED) is 0.609. The monoisotopic (exact) mass is 400 g/mol. The zero-order valence-electron chi connectivity index (χ0n) is 14.0. The molecule has 0 aliphatic heterocycles. The van der Waals surface area contributed by atoms with Gasteiger partial charge in [0.1, 0.15) is 0 Å². The van der Waals surface area contributed by atoms with Crippen LogP contribution in [0.5, 0.6) is 0 Å². The Labute approximate surface area is 172 Å². The van der Waals surface area contributed by atoms with Gasteiger partial charge in [-0.05, 0) is 37.0 Å². The number of fused-ring (bicyclic) bond motifs is 1. The van der Waals surface area contributed by atoms with Crippen molar-refractivity contribution in [3.05, 3.63) is 71.8 Å². The molecule has 130 valence electrons. The number of hydrogen-bond acceptors (Lipinski definition) is 2. The number of nitrogens with zero attached hydrogens (tertiary/aromatic N) is 1. The van der Waals surface area contributed by atoms with Crippen molar-refractivity contribution in [1.29, 1.82) is 0 Å². The van der Waals surface area contributed by atoms with Crippen molar-refractivity contribution in [2.75, 3.05) is 20.6 Å². The number of likely N-dealkylation sites (N-methyl/N-ethyl adjacent to an activating group) is 1. The maximum absolute atomic E-state index is 9.04. The predicted octanol–water partition coefficient (Wildman–Crippen LogP) is 4.41. The van der Waals surface area contributed by atoms with Gasteiger partial charge in [-0.25, -0.2) is 6.08 Å². The number of hydrogen-bond donors (Lipinski definition) is 1. The second-order valence-corrected chi connectivity index (χ2v) is 5.37. The van der Waals surface area contributed by atoms with Gasteiger partial charge in [0.2, 0.25) is 0 Å². The van der Waals surface area contributed by atoms with E-state index in [0.717, 1.165) is 23.9 Å². The van der Waals surface area contributed by atoms with Crippen LogP contribution in [-0.2, 0) is 28.3 Å². The summed E-state index contributed by atoms with van der Waals surface area (Å²) in [6.45, 7) is 1.16. The van der Waals surface area contributed by atoms with Gasteiger partial charge in [0, 0.05) is 21.7 Å². The van der Waals surface area contributed by atoms with Gasteiger partial charge in [0.15, 0.2) is 0 Å². The molecule has 0 saturated carbocycles. The Morgan fingerprint density at radius 1 is 1.04 bits per heavy atom. The smallest absolute Gasteiger partial charge is 0.0687 e. The largest absolute Gasteiger partial charge is 0.392 e. The minimum atomic E-state index is 0. The number of aliphatic hydroxyl groups is 1. The number of rotatable bonds is 3. The zero-order valence-corrected chi connectivity index (χ0v) is 17.2. The molecule has 5 heteroatoms. The van der Waals surface area contributed by atoms with Crippen LogP contribution in [0.2, 0.25) is 0 Å². The van der Waals surface area contributed by atoms with Gasteiger partial charge >= 0.3 is 0 Å². The van der Waals surface area contributed by atoms with Gasteiger partial charge in [0.25, 0.3) is 0 Å². The Balaban J connectivity index is 0. The molecule has 1 aliphatic carbocycles. The molecule has 1 aliphatic rings. The second kappa shape index (κ2) is 13.7. The Kier molecular flexibility index (Phi) is 14.6. The predicted molar refractivity (Wildman–Crippen MR) is 103 cm³/mol. The van der Waals surface area contributed by atoms with E-state index in [1.807, 2.05) is 30.3 Å². The maximum atomic E-state index is 9.04. The SMILES string of the molecule is CN(C)CC1=CC[C-]=C1.Cl.Cl.OCc1cccc2ccccc12.[Ti]. The summed E-state index contributed by atoms with van der Waals surface area (Å²) < 4.78 is 0. The summed E-state index contributed by atoms with van der Waals surface area (Å²) in [6, 6.07) is 14.0. The van der Waals surface area contributed by atoms with Crippen LogP contribution in [0.25, 0.3) is 10.8 Å². The molecule has 0 atom stereocenters. The van der Waals surface area contributed by atoms with Crippen molar-refractivity contribution in [2.24, 2.45) is 0 Å². The Morgan fingerprint density at radius 2 is 1.71 bits per heavy atom. The molecule has 24 heavy (non-hydrogen) atoms. The maximum Gasteiger partial charge on any atom is 0.0687 e. The van der Waals surface area contributed by atoms with E-state index in [-0.39, 0.29) is 53.1 Å². The summed E-state index contributed by atoms with van der Waals surface area (Å²) in [7, 11) is 4.15. The van der Waals surface area contributed by atoms with Crippen molar-refractivity contribution < 1.29 is 26.8 Å². The van der Waals surface area contributed by atoms with Crippen LogP contribution in [-0.4, -0.2) is 30.6 Å². The fourth-order valence-electron chi connectivity index (χ4n) is 2.34. The van der Waals surface area contributed by atoms with Crippen LogP contribution in [0.15, 0.2) is 60.2 Å². The normalized spacial score (nSPS) is 11.6. The Hall–Kier alpha value is -0.606. The standard InChI is InChI=1S/C11H10O.C8H12N.2ClH.Ti/c12-8-10-6-3-5-9-4-1-2-7-11(9)10;1-9(2)7-8-5-3-4-6-8;;;/h1-7,12H,8H2;5-6H,3,7H2,1-2H3;2*1H;/q;-1;;;. The summed E-state index contributed by atoms with van der Waals surface area (Å²) >= 11 is 0. The Morgan fingerprint density at radius 3 is 2.29 bits per heavy atom. The molecule has 0 bridgehead atoms. The minimum Gasteiger partial charge on any atom is -0.392 e. The van der Waals surface area contributed by atoms with Gasteiger partial charge in [-0.15, -0.1) is 31.2 Å². The molecule has 1 N–H and O–H groups in total. The third-order valence-electron chi connectivity index (χ3n) is 3.32. The molecule has 0 amide bonds. The van der Waals surface area contributed by atoms with Gasteiger partial charge in [-0.2, -0.15) is 11.6 Å². The van der Waals surface area contributed by atoms with Crippen LogP contribution < -0.4 is 0 Å². The molecule has 0 spiro atoms. The van der Waals surface area contributed by atoms with E-state index in [2.05, 4.69) is 49.4 Å². The van der Waals surface area contributed by atoms with E-state index >= 15 is 0 Å². The van der Waals surface area contributed by atoms with Crippen molar-refractivity contribution in [2.45, 2.75) is 13.0 Å². The molecule has 0 saturated heterocycles. The molecule has 0 radical (unpaired) electrons. The molecule has 2 aromatic carbocycles. The first-order chi connectivity index (χ1) is 10.2. The minimum absolute atomic E-state index is 0. The summed E-state index contributed by atoms with van der Waals surface area (Å²) in [5.41, 5.74) is 2.38. The van der Waals surface area contributed by atoms with Gasteiger partial charge < -0.3 is 10.0 Å². The van der Waals surface area contributed by atoms with Crippen LogP contribution in [0.4, 0.5) is 0 Å². The zero-order chi connectivity index (χ0) is 15.1. The van der Waals surface area contributed by atoms with Crippen LogP contribution in [0, 0.1) is 6.08 Å². The Bertz CT molecular complexity index is 651. The fourth-order valence-corrected chi connectivity index (χ4v) is 2.34. The van der Waals surface area contributed by atoms with E-state index in [1.165, 1.54) is 11.0 Å². The number of aliphatic hydroxyl groups excluding tert-OH is 1. The molecule has 0 unspecified atom stereocenters. The van der Waals surface area contributed by atoms with Gasteiger partial charge in [-0.1, -0.05) is 42.5 Å². The topological polar surface area (TPSA) is 23.5 Å². The second-order valence-electron chi connectivity index (χ2n) is 5.37. The average molecular weight is 401 g/mol. The molecular weight excluding hydrogens is 377 g/mol. The average Bonchev–Trinajstić information content (AvgIpc) is 2.99. The number of allylic oxidation sites excluding steroid dienone is 2. The number of halogens is 2. The summed E-state index contributed by atoms with van der Waals surface area (Å²) in [5.74, 6) is 0. The fraction of sp³-hybridized carbons (Fsp3) is 0.263. The first-order valence-electron chi connectivity index (χ1n) is 7.18. The molecule has 3 rings (SSSR count). The third kappa shape index (κ3) is 7.98. The van der Waals surface area contributed by atoms with Gasteiger partial charge in [0.05, 0.1) is 6.61 Å². The van der Waals surface area contributed by atoms with Crippen molar-refractivity contribution >= 4 is 35.6 Å². The van der Waals surface area contributed by atoms with Crippen molar-refractivity contribution in [3.8, 4) is 0 Å². The van der Waals surface area contributed by atoms with Crippen LogP contribution >= 0.6 is 24.8 Å². The van der Waals surface area contributed by atoms with Crippen molar-refractivity contribution in [3.63, 3.8) is 0 Å². The molecule has 2 nitrogen and oxygen atoms in total. The summed E-state index contributed by atoms with van der Waals surface area (Å²) in [6.07, 6.45) is 8.41. The van der Waals surface area contributed by atoms with Crippen LogP contribution in [0.3, 0.4) is 0 Å². The first kappa shape index (κ1) is 25.6. The van der Waals surface area contributed by atoms with Crippen LogP contribution in [0.1, 0.15) is 12.0 Å². The van der Waals surface area contributed by atoms with E-state index in [1.54, 1.807) is 0 Å². The van der Waals surface area contributed by atoms with E-state index in [9.17, 15) is 0 Å². The summed E-state index contributed by atoms with van der Waals surface area (Å²) in [4.78, 5) is 2.16.